The fraction of sp³-hybridized carbons (Fsp3) is 0.323. The van der Waals surface area contributed by atoms with Crippen LogP contribution in [0.25, 0.3) is 0 Å². The molecule has 5 rings (SSSR count). The Hall–Kier alpha value is -3.02. The Morgan fingerprint density at radius 1 is 1.12 bits per heavy atom. The van der Waals surface area contributed by atoms with Crippen molar-refractivity contribution in [3.05, 3.63) is 91.8 Å². The van der Waals surface area contributed by atoms with Gasteiger partial charge in [0.1, 0.15) is 11.2 Å². The van der Waals surface area contributed by atoms with Gasteiger partial charge in [-0.05, 0) is 88.0 Å². The third-order valence-electron chi connectivity index (χ3n) is 7.79. The zero-order chi connectivity index (χ0) is 29.7. The fourth-order valence-corrected chi connectivity index (χ4v) is 6.87. The molecule has 1 saturated heterocycles. The van der Waals surface area contributed by atoms with Crippen LogP contribution in [-0.2, 0) is 19.7 Å². The molecular weight excluding hydrogens is 660 g/mol. The van der Waals surface area contributed by atoms with Crippen molar-refractivity contribution >= 4 is 63.4 Å². The summed E-state index contributed by atoms with van der Waals surface area (Å²) in [5, 5.41) is 9.83. The summed E-state index contributed by atoms with van der Waals surface area (Å²) in [6, 6.07) is 15.1. The van der Waals surface area contributed by atoms with Crippen molar-refractivity contribution in [3.8, 4) is 0 Å². The number of hydrogen-bond acceptors (Lipinski definition) is 5. The molecule has 3 aromatic rings. The maximum absolute atomic E-state index is 16.0. The minimum absolute atomic E-state index is 0.233. The first kappa shape index (κ1) is 29.5. The molecule has 0 aliphatic carbocycles. The standard InChI is InChI=1S/C31H30ClFIN3O4/c1-30(2,3)15-23-31(20-13-10-17(32)14-22(20)36-29(31)40)24(19-6-5-7-21(34)25(19)33)26(37-23)27(38)35-18-11-8-16(9-12-18)28(39)41-4/h5-14,23-24,26,37H,15H2,1-4H3,(H,35,38)(H,36,40)/t23-,24-,26+,31+/m0/s1. The molecule has 41 heavy (non-hydrogen) atoms. The van der Waals surface area contributed by atoms with Crippen LogP contribution in [0.1, 0.15) is 54.6 Å². The van der Waals surface area contributed by atoms with Crippen molar-refractivity contribution in [3.63, 3.8) is 0 Å². The van der Waals surface area contributed by atoms with Crippen molar-refractivity contribution in [1.82, 2.24) is 5.32 Å². The predicted molar refractivity (Wildman–Crippen MR) is 165 cm³/mol. The van der Waals surface area contributed by atoms with Crippen LogP contribution in [-0.4, -0.2) is 37.0 Å². The molecule has 10 heteroatoms. The number of carbonyl (C=O) groups excluding carboxylic acids is 3. The molecule has 2 aliphatic heterocycles. The van der Waals surface area contributed by atoms with Crippen molar-refractivity contribution in [2.75, 3.05) is 17.7 Å². The number of methoxy groups -OCH3 is 1. The van der Waals surface area contributed by atoms with E-state index in [1.807, 2.05) is 22.6 Å². The lowest BCUT2D eigenvalue weighted by Crippen LogP contribution is -2.49. The van der Waals surface area contributed by atoms with Crippen molar-refractivity contribution < 1.29 is 23.5 Å². The summed E-state index contributed by atoms with van der Waals surface area (Å²) < 4.78 is 21.1. The van der Waals surface area contributed by atoms with Crippen molar-refractivity contribution in [1.29, 1.82) is 0 Å². The van der Waals surface area contributed by atoms with Crippen LogP contribution >= 0.6 is 34.2 Å². The Morgan fingerprint density at radius 3 is 2.49 bits per heavy atom. The van der Waals surface area contributed by atoms with Crippen LogP contribution in [0.4, 0.5) is 15.8 Å². The largest absolute Gasteiger partial charge is 0.465 e. The van der Waals surface area contributed by atoms with Crippen LogP contribution in [0.5, 0.6) is 0 Å². The second-order valence-electron chi connectivity index (χ2n) is 11.7. The lowest BCUT2D eigenvalue weighted by Gasteiger charge is -2.37. The average Bonchev–Trinajstić information content (AvgIpc) is 3.39. The number of esters is 1. The van der Waals surface area contributed by atoms with Gasteiger partial charge in [-0.2, -0.15) is 0 Å². The number of nitrogens with one attached hydrogen (secondary N) is 3. The molecule has 214 valence electrons. The number of ether oxygens (including phenoxy) is 1. The van der Waals surface area contributed by atoms with E-state index in [9.17, 15) is 14.4 Å². The molecule has 0 aromatic heterocycles. The molecule has 0 radical (unpaired) electrons. The molecule has 1 spiro atoms. The van der Waals surface area contributed by atoms with Gasteiger partial charge in [0.05, 0.1) is 18.7 Å². The second kappa shape index (κ2) is 11.0. The Labute approximate surface area is 256 Å². The highest BCUT2D eigenvalue weighted by Crippen LogP contribution is 2.57. The van der Waals surface area contributed by atoms with Gasteiger partial charge in [-0.3, -0.25) is 9.59 Å². The molecule has 1 fully saturated rings. The first-order chi connectivity index (χ1) is 19.4. The third-order valence-corrected chi connectivity index (χ3v) is 8.86. The lowest BCUT2D eigenvalue weighted by atomic mass is 9.62. The number of anilines is 2. The van der Waals surface area contributed by atoms with E-state index in [1.54, 1.807) is 60.7 Å². The average molecular weight is 690 g/mol. The summed E-state index contributed by atoms with van der Waals surface area (Å²) in [5.74, 6) is -2.58. The van der Waals surface area contributed by atoms with Crippen LogP contribution in [0.2, 0.25) is 5.02 Å². The predicted octanol–water partition coefficient (Wildman–Crippen LogP) is 6.26. The van der Waals surface area contributed by atoms with Crippen molar-refractivity contribution in [2.45, 2.75) is 50.6 Å². The van der Waals surface area contributed by atoms with E-state index in [0.717, 1.165) is 0 Å². The molecule has 2 aliphatic rings. The molecular formula is C31H30ClFIN3O4. The van der Waals surface area contributed by atoms with Gasteiger partial charge < -0.3 is 20.7 Å². The number of benzene rings is 3. The van der Waals surface area contributed by atoms with Crippen LogP contribution in [0.3, 0.4) is 0 Å². The molecule has 0 bridgehead atoms. The quantitative estimate of drug-likeness (QED) is 0.217. The molecule has 2 heterocycles. The van der Waals surface area contributed by atoms with Crippen LogP contribution in [0.15, 0.2) is 60.7 Å². The van der Waals surface area contributed by atoms with Gasteiger partial charge in [0.15, 0.2) is 0 Å². The molecule has 3 N–H and O–H groups in total. The third kappa shape index (κ3) is 5.23. The number of fused-ring (bicyclic) bond motifs is 2. The highest BCUT2D eigenvalue weighted by molar-refractivity contribution is 14.1. The normalized spacial score (nSPS) is 23.3. The Morgan fingerprint density at radius 2 is 1.83 bits per heavy atom. The van der Waals surface area contributed by atoms with Gasteiger partial charge >= 0.3 is 5.97 Å². The maximum Gasteiger partial charge on any atom is 0.337 e. The van der Waals surface area contributed by atoms with E-state index in [-0.39, 0.29) is 16.9 Å². The van der Waals surface area contributed by atoms with E-state index in [4.69, 9.17) is 16.3 Å². The van der Waals surface area contributed by atoms with E-state index in [0.29, 0.717) is 37.5 Å². The number of carbonyl (C=O) groups is 3. The van der Waals surface area contributed by atoms with E-state index in [1.165, 1.54) is 7.11 Å². The summed E-state index contributed by atoms with van der Waals surface area (Å²) in [4.78, 5) is 40.1. The lowest BCUT2D eigenvalue weighted by molar-refractivity contribution is -0.122. The number of rotatable bonds is 5. The summed E-state index contributed by atoms with van der Waals surface area (Å²) in [7, 11) is 1.29. The van der Waals surface area contributed by atoms with Gasteiger partial charge in [-0.25, -0.2) is 9.18 Å². The number of halogens is 3. The van der Waals surface area contributed by atoms with Crippen molar-refractivity contribution in [2.24, 2.45) is 5.41 Å². The van der Waals surface area contributed by atoms with Gasteiger partial charge in [-0.1, -0.05) is 50.6 Å². The monoisotopic (exact) mass is 689 g/mol. The zero-order valence-corrected chi connectivity index (χ0v) is 25.9. The van der Waals surface area contributed by atoms with Gasteiger partial charge in [0.25, 0.3) is 0 Å². The highest BCUT2D eigenvalue weighted by Gasteiger charge is 2.66. The molecule has 0 saturated carbocycles. The molecule has 0 unspecified atom stereocenters. The molecule has 4 atom stereocenters. The number of hydrogen-bond donors (Lipinski definition) is 3. The van der Waals surface area contributed by atoms with E-state index < -0.39 is 41.1 Å². The minimum Gasteiger partial charge on any atom is -0.465 e. The maximum atomic E-state index is 16.0. The summed E-state index contributed by atoms with van der Waals surface area (Å²) >= 11 is 8.22. The molecule has 2 amide bonds. The first-order valence-electron chi connectivity index (χ1n) is 13.2. The summed E-state index contributed by atoms with van der Waals surface area (Å²) in [6.07, 6.45) is 0.530. The summed E-state index contributed by atoms with van der Waals surface area (Å²) in [6.45, 7) is 6.19. The highest BCUT2D eigenvalue weighted by atomic mass is 127. The second-order valence-corrected chi connectivity index (χ2v) is 13.3. The van der Waals surface area contributed by atoms with E-state index >= 15 is 4.39 Å². The Kier molecular flexibility index (Phi) is 7.90. The van der Waals surface area contributed by atoms with Gasteiger partial charge in [0, 0.05) is 31.9 Å². The molecule has 7 nitrogen and oxygen atoms in total. The van der Waals surface area contributed by atoms with Crippen LogP contribution < -0.4 is 16.0 Å². The van der Waals surface area contributed by atoms with Gasteiger partial charge in [-0.15, -0.1) is 0 Å². The summed E-state index contributed by atoms with van der Waals surface area (Å²) in [5.41, 5.74) is 0.764. The fourth-order valence-electron chi connectivity index (χ4n) is 6.18. The molecule has 3 aromatic carbocycles. The number of amides is 2. The zero-order valence-electron chi connectivity index (χ0n) is 23.0. The van der Waals surface area contributed by atoms with Gasteiger partial charge in [0.2, 0.25) is 11.8 Å². The smallest absolute Gasteiger partial charge is 0.337 e. The van der Waals surface area contributed by atoms with Crippen LogP contribution in [0, 0.1) is 14.8 Å². The topological polar surface area (TPSA) is 96.5 Å². The minimum atomic E-state index is -1.30. The SMILES string of the molecule is COC(=O)c1ccc(NC(=O)[C@@H]2N[C@@H](CC(C)(C)C)[C@@]3(C(=O)Nc4cc(Cl)ccc43)[C@H]2c2cccc(I)c2F)cc1. The first-order valence-corrected chi connectivity index (χ1v) is 14.6. The Bertz CT molecular complexity index is 1540. The Balaban J connectivity index is 1.66. The van der Waals surface area contributed by atoms with E-state index in [2.05, 4.69) is 36.7 Å².